The van der Waals surface area contributed by atoms with Crippen molar-refractivity contribution >= 4 is 37.4 Å². The maximum Gasteiger partial charge on any atom is 0.485 e. The van der Waals surface area contributed by atoms with Crippen LogP contribution in [-0.4, -0.2) is 63.8 Å². The number of hydrogen-bond acceptors (Lipinski definition) is 8. The Balaban J connectivity index is 2.96. The van der Waals surface area contributed by atoms with Crippen LogP contribution in [0.15, 0.2) is 0 Å². The van der Waals surface area contributed by atoms with E-state index in [1.807, 2.05) is 27.7 Å². The first-order valence-corrected chi connectivity index (χ1v) is 14.5. The Kier molecular flexibility index (Phi) is 11.3. The highest BCUT2D eigenvalue weighted by Crippen LogP contribution is 2.24. The predicted molar refractivity (Wildman–Crippen MR) is 93.1 cm³/mol. The second-order valence-electron chi connectivity index (χ2n) is 4.61. The highest BCUT2D eigenvalue weighted by molar-refractivity contribution is 6.76. The van der Waals surface area contributed by atoms with Crippen molar-refractivity contribution in [3.8, 4) is 0 Å². The predicted octanol–water partition coefficient (Wildman–Crippen LogP) is 0.713. The van der Waals surface area contributed by atoms with Crippen LogP contribution < -0.4 is 0 Å². The summed E-state index contributed by atoms with van der Waals surface area (Å²) in [4.78, 5) is 0. The SMILES string of the molecule is CCC[Si]1(OCC)O[SiH](OCC)O[SiH](OCC)O[SiH](OCC)O1. The number of rotatable bonds is 10. The van der Waals surface area contributed by atoms with Gasteiger partial charge in [0.1, 0.15) is 0 Å². The third kappa shape index (κ3) is 7.53. The molecule has 1 saturated heterocycles. The van der Waals surface area contributed by atoms with Crippen LogP contribution in [0.3, 0.4) is 0 Å². The largest absolute Gasteiger partial charge is 0.485 e. The highest BCUT2D eigenvalue weighted by Gasteiger charge is 2.50. The van der Waals surface area contributed by atoms with Crippen molar-refractivity contribution in [2.75, 3.05) is 26.4 Å². The molecule has 0 bridgehead atoms. The Morgan fingerprint density at radius 1 is 0.696 bits per heavy atom. The Morgan fingerprint density at radius 3 is 1.57 bits per heavy atom. The molecule has 1 fully saturated rings. The molecule has 0 N–H and O–H groups in total. The molecule has 12 heteroatoms. The van der Waals surface area contributed by atoms with Crippen LogP contribution in [0.1, 0.15) is 41.0 Å². The minimum Gasteiger partial charge on any atom is -0.377 e. The van der Waals surface area contributed by atoms with Gasteiger partial charge in [-0.05, 0) is 27.7 Å². The molecule has 138 valence electrons. The van der Waals surface area contributed by atoms with Crippen molar-refractivity contribution in [2.24, 2.45) is 0 Å². The lowest BCUT2D eigenvalue weighted by Crippen LogP contribution is -2.60. The van der Waals surface area contributed by atoms with E-state index in [1.54, 1.807) is 0 Å². The maximum absolute atomic E-state index is 6.17. The smallest absolute Gasteiger partial charge is 0.377 e. The van der Waals surface area contributed by atoms with E-state index < -0.39 is 37.4 Å². The van der Waals surface area contributed by atoms with Gasteiger partial charge in [-0.3, -0.25) is 0 Å². The first-order chi connectivity index (χ1) is 11.1. The fourth-order valence-corrected chi connectivity index (χ4v) is 14.1. The third-order valence-corrected chi connectivity index (χ3v) is 14.5. The van der Waals surface area contributed by atoms with Gasteiger partial charge in [-0.1, -0.05) is 13.3 Å². The summed E-state index contributed by atoms with van der Waals surface area (Å²) in [5.41, 5.74) is 0. The van der Waals surface area contributed by atoms with Crippen LogP contribution >= 0.6 is 0 Å². The van der Waals surface area contributed by atoms with Crippen molar-refractivity contribution in [1.82, 2.24) is 0 Å². The number of hydrogen-bond donors (Lipinski definition) is 0. The van der Waals surface area contributed by atoms with Crippen LogP contribution in [0.5, 0.6) is 0 Å². The second-order valence-corrected chi connectivity index (χ2v) is 13.6. The van der Waals surface area contributed by atoms with Gasteiger partial charge in [0.15, 0.2) is 0 Å². The van der Waals surface area contributed by atoms with Gasteiger partial charge >= 0.3 is 37.4 Å². The molecular weight excluding hydrogens is 372 g/mol. The molecule has 8 nitrogen and oxygen atoms in total. The van der Waals surface area contributed by atoms with Gasteiger partial charge in [-0.15, -0.1) is 0 Å². The van der Waals surface area contributed by atoms with Gasteiger partial charge in [0.2, 0.25) is 0 Å². The molecule has 2 unspecified atom stereocenters. The van der Waals surface area contributed by atoms with E-state index in [2.05, 4.69) is 6.92 Å². The van der Waals surface area contributed by atoms with Crippen molar-refractivity contribution in [3.05, 3.63) is 0 Å². The summed E-state index contributed by atoms with van der Waals surface area (Å²) in [5, 5.41) is 0. The average molecular weight is 403 g/mol. The van der Waals surface area contributed by atoms with Crippen LogP contribution in [0.25, 0.3) is 0 Å². The highest BCUT2D eigenvalue weighted by atomic mass is 28.5. The third-order valence-electron chi connectivity index (χ3n) is 2.82. The lowest BCUT2D eigenvalue weighted by molar-refractivity contribution is 0.0575. The molecular formula is C11H30O8Si4. The first-order valence-electron chi connectivity index (χ1n) is 8.28. The molecule has 0 spiro atoms. The molecule has 1 heterocycles. The monoisotopic (exact) mass is 402 g/mol. The summed E-state index contributed by atoms with van der Waals surface area (Å²) < 4.78 is 47.0. The Morgan fingerprint density at radius 2 is 1.17 bits per heavy atom. The average Bonchev–Trinajstić information content (AvgIpc) is 2.47. The van der Waals surface area contributed by atoms with E-state index in [4.69, 9.17) is 34.2 Å². The second kappa shape index (κ2) is 12.0. The van der Waals surface area contributed by atoms with Gasteiger partial charge in [0.25, 0.3) is 0 Å². The van der Waals surface area contributed by atoms with Crippen molar-refractivity contribution in [1.29, 1.82) is 0 Å². The molecule has 23 heavy (non-hydrogen) atoms. The van der Waals surface area contributed by atoms with Crippen LogP contribution in [-0.2, 0) is 34.2 Å². The lowest BCUT2D eigenvalue weighted by Gasteiger charge is -2.38. The fourth-order valence-electron chi connectivity index (χ4n) is 2.01. The molecule has 0 aliphatic carbocycles. The van der Waals surface area contributed by atoms with E-state index >= 15 is 0 Å². The topological polar surface area (TPSA) is 73.8 Å². The standard InChI is InChI=1S/C11H30O8Si4/c1-6-11-23(15-10-5)18-21(13-8-3)16-20(12-7-2)17-22(19-23)14-9-4/h20-22H,6-11H2,1-5H3. The maximum atomic E-state index is 6.17. The van der Waals surface area contributed by atoms with Gasteiger partial charge in [-0.25, -0.2) is 0 Å². The van der Waals surface area contributed by atoms with Crippen LogP contribution in [0.2, 0.25) is 6.04 Å². The van der Waals surface area contributed by atoms with Gasteiger partial charge in [0, 0.05) is 32.5 Å². The van der Waals surface area contributed by atoms with Gasteiger partial charge in [-0.2, -0.15) is 0 Å². The molecule has 1 aliphatic heterocycles. The minimum absolute atomic E-state index is 0.499. The first kappa shape index (κ1) is 21.6. The van der Waals surface area contributed by atoms with E-state index in [0.29, 0.717) is 32.5 Å². The molecule has 0 saturated carbocycles. The minimum atomic E-state index is -2.93. The van der Waals surface area contributed by atoms with Crippen molar-refractivity contribution in [3.63, 3.8) is 0 Å². The molecule has 1 rings (SSSR count). The fraction of sp³-hybridized carbons (Fsp3) is 1.00. The van der Waals surface area contributed by atoms with E-state index in [0.717, 1.165) is 6.42 Å². The summed E-state index contributed by atoms with van der Waals surface area (Å²) in [7, 11) is -10.2. The zero-order valence-corrected chi connectivity index (χ0v) is 19.2. The lowest BCUT2D eigenvalue weighted by atomic mass is 10.6. The zero-order valence-electron chi connectivity index (χ0n) is 14.7. The van der Waals surface area contributed by atoms with Crippen LogP contribution in [0.4, 0.5) is 0 Å². The molecule has 0 aromatic carbocycles. The van der Waals surface area contributed by atoms with E-state index in [-0.39, 0.29) is 0 Å². The van der Waals surface area contributed by atoms with Crippen molar-refractivity contribution < 1.29 is 34.2 Å². The van der Waals surface area contributed by atoms with Gasteiger partial charge in [0.05, 0.1) is 0 Å². The quantitative estimate of drug-likeness (QED) is 0.495. The normalized spacial score (nSPS) is 32.5. The molecule has 1 aliphatic rings. The van der Waals surface area contributed by atoms with Crippen LogP contribution in [0, 0.1) is 0 Å². The molecule has 0 aromatic rings. The summed E-state index contributed by atoms with van der Waals surface area (Å²) in [6.07, 6.45) is 0.874. The molecule has 0 aromatic heterocycles. The Labute approximate surface area is 145 Å². The van der Waals surface area contributed by atoms with E-state index in [9.17, 15) is 0 Å². The zero-order chi connectivity index (χ0) is 17.1. The van der Waals surface area contributed by atoms with Crippen molar-refractivity contribution in [2.45, 2.75) is 47.1 Å². The molecule has 2 atom stereocenters. The summed E-state index contributed by atoms with van der Waals surface area (Å²) in [5.74, 6) is 0. The van der Waals surface area contributed by atoms with E-state index in [1.165, 1.54) is 0 Å². The molecule has 0 amide bonds. The molecule has 0 radical (unpaired) electrons. The Hall–Kier alpha value is 0.548. The summed E-state index contributed by atoms with van der Waals surface area (Å²) in [6, 6.07) is 0.682. The Bertz CT molecular complexity index is 288. The summed E-state index contributed by atoms with van der Waals surface area (Å²) in [6.45, 7) is 11.7. The summed E-state index contributed by atoms with van der Waals surface area (Å²) >= 11 is 0. The van der Waals surface area contributed by atoms with Gasteiger partial charge < -0.3 is 34.2 Å².